The molecule has 452 valence electrons. The van der Waals surface area contributed by atoms with E-state index < -0.39 is 73.5 Å². The Labute approximate surface area is 487 Å². The van der Waals surface area contributed by atoms with E-state index in [1.807, 2.05) is 180 Å². The fourth-order valence-electron chi connectivity index (χ4n) is 9.20. The van der Waals surface area contributed by atoms with Gasteiger partial charge in [0.05, 0.1) is 22.3 Å². The van der Waals surface area contributed by atoms with E-state index >= 15 is 0 Å². The number of carbonyl (C=O) groups is 4. The molecule has 1 unspecified atom stereocenters. The van der Waals surface area contributed by atoms with E-state index in [0.29, 0.717) is 73.1 Å². The molecule has 6 N–H and O–H groups in total. The lowest BCUT2D eigenvalue weighted by atomic mass is 9.78. The number of aliphatic hydroxyl groups is 2. The summed E-state index contributed by atoms with van der Waals surface area (Å²) in [6.07, 6.45) is 0.758. The Kier molecular flexibility index (Phi) is 22.0. The number of benzene rings is 4. The number of phenols is 2. The third-order valence-corrected chi connectivity index (χ3v) is 14.5. The highest BCUT2D eigenvalue weighted by molar-refractivity contribution is 5.95. The zero-order valence-electron chi connectivity index (χ0n) is 54.8. The van der Waals surface area contributed by atoms with Gasteiger partial charge < -0.3 is 40.1 Å². The molecule has 4 aromatic rings. The number of rotatable bonds is 10. The highest BCUT2D eigenvalue weighted by Gasteiger charge is 2.36. The second-order valence-corrected chi connectivity index (χ2v) is 31.1. The van der Waals surface area contributed by atoms with Gasteiger partial charge in [0, 0.05) is 49.9 Å². The average molecular weight is 1130 g/mol. The van der Waals surface area contributed by atoms with Crippen LogP contribution in [0.15, 0.2) is 48.5 Å². The van der Waals surface area contributed by atoms with Crippen molar-refractivity contribution in [3.8, 4) is 23.0 Å². The van der Waals surface area contributed by atoms with E-state index in [9.17, 15) is 39.6 Å². The molecule has 0 aromatic heterocycles. The minimum absolute atomic E-state index is 0.161. The molecule has 0 aliphatic carbocycles. The molecule has 0 aliphatic rings. The summed E-state index contributed by atoms with van der Waals surface area (Å²) < 4.78 is 12.2. The Hall–Kier alpha value is -5.72. The van der Waals surface area contributed by atoms with E-state index in [1.54, 1.807) is 48.5 Å². The Morgan fingerprint density at radius 1 is 0.383 bits per heavy atom. The third-order valence-electron chi connectivity index (χ3n) is 14.5. The lowest BCUT2D eigenvalue weighted by Crippen LogP contribution is -2.30. The van der Waals surface area contributed by atoms with Gasteiger partial charge in [-0.15, -0.1) is 0 Å². The van der Waals surface area contributed by atoms with Crippen molar-refractivity contribution in [2.45, 2.75) is 256 Å². The van der Waals surface area contributed by atoms with Crippen LogP contribution in [-0.2, 0) is 43.3 Å². The Morgan fingerprint density at radius 3 is 0.741 bits per heavy atom. The predicted octanol–water partition coefficient (Wildman–Crippen LogP) is 16.8. The van der Waals surface area contributed by atoms with Gasteiger partial charge in [-0.1, -0.05) is 200 Å². The van der Waals surface area contributed by atoms with Crippen molar-refractivity contribution >= 4 is 23.9 Å². The molecule has 0 bridgehead atoms. The number of carbonyl (C=O) groups excluding carboxylic acids is 2. The number of aliphatic hydroxyl groups excluding tert-OH is 1. The highest BCUT2D eigenvalue weighted by Crippen LogP contribution is 2.46. The van der Waals surface area contributed by atoms with E-state index in [4.69, 9.17) is 19.7 Å². The van der Waals surface area contributed by atoms with E-state index in [2.05, 4.69) is 13.8 Å². The smallest absolute Gasteiger partial charge is 0.343 e. The molecule has 1 atom stereocenters. The largest absolute Gasteiger partial charge is 0.507 e. The number of carboxylic acid groups (broad SMARTS) is 2. The van der Waals surface area contributed by atoms with Crippen molar-refractivity contribution in [3.05, 3.63) is 115 Å². The minimum Gasteiger partial charge on any atom is -0.507 e. The molecule has 0 heterocycles. The van der Waals surface area contributed by atoms with Crippen molar-refractivity contribution in [2.75, 3.05) is 0 Å². The molecule has 4 rings (SSSR count). The number of phenolic OH excluding ortho intramolecular Hbond substituents is 2. The molecular weight excluding hydrogens is 1020 g/mol. The first-order valence-electron chi connectivity index (χ1n) is 28.4. The molecule has 0 fully saturated rings. The molecule has 4 aromatic carbocycles. The Balaban J connectivity index is 0.000000467. The van der Waals surface area contributed by atoms with Gasteiger partial charge in [-0.05, 0) is 104 Å². The fraction of sp³-hybridized carbons (Fsp3) is 0.594. The maximum atomic E-state index is 13.6. The standard InChI is InChI=1S/2C30H42O5.C9H20O2/c2*1-27(2,3)19-15-18(16-20(23(19)31)28(4,5)6)26(34)35-24-21(29(7,8)9)13-17(25(32)33)14-22(24)30(10,11)12;1-5-7(2)6-9(3,4)8(10)11/h2*13-16,31H,1-12H3,(H,32,33);7-8,10-11H,5-6H2,1-4H3. The number of esters is 2. The summed E-state index contributed by atoms with van der Waals surface area (Å²) in [5.41, 5.74) is 2.51. The van der Waals surface area contributed by atoms with Crippen molar-refractivity contribution in [2.24, 2.45) is 11.3 Å². The van der Waals surface area contributed by atoms with Gasteiger partial charge >= 0.3 is 23.9 Å². The van der Waals surface area contributed by atoms with Crippen LogP contribution in [0.2, 0.25) is 0 Å². The lowest BCUT2D eigenvalue weighted by Gasteiger charge is -2.30. The van der Waals surface area contributed by atoms with Gasteiger partial charge in [-0.2, -0.15) is 0 Å². The molecule has 12 heteroatoms. The Bertz CT molecular complexity index is 2590. The van der Waals surface area contributed by atoms with E-state index in [-0.39, 0.29) is 28.0 Å². The topological polar surface area (TPSA) is 208 Å². The second-order valence-electron chi connectivity index (χ2n) is 31.1. The number of aromatic carboxylic acids is 2. The van der Waals surface area contributed by atoms with Crippen LogP contribution in [0.25, 0.3) is 0 Å². The zero-order valence-corrected chi connectivity index (χ0v) is 54.8. The Morgan fingerprint density at radius 2 is 0.580 bits per heavy atom. The van der Waals surface area contributed by atoms with Crippen molar-refractivity contribution in [1.29, 1.82) is 0 Å². The van der Waals surface area contributed by atoms with Gasteiger partial charge in [-0.3, -0.25) is 0 Å². The SMILES string of the molecule is CC(C)(C)c1cc(C(=O)Oc2c(C(C)(C)C)cc(C(=O)O)cc2C(C)(C)C)cc(C(C)(C)C)c1O.CC(C)(C)c1cc(C(=O)Oc2c(C(C)(C)C)cc(C(=O)O)cc2C(C)(C)C)cc(C(C)(C)C)c1O.CCC(C)CC(C)(C)C(O)O. The maximum absolute atomic E-state index is 13.6. The number of ether oxygens (including phenoxy) is 2. The van der Waals surface area contributed by atoms with Crippen LogP contribution in [0.5, 0.6) is 23.0 Å². The summed E-state index contributed by atoms with van der Waals surface area (Å²) >= 11 is 0. The van der Waals surface area contributed by atoms with Crippen LogP contribution in [0.4, 0.5) is 0 Å². The first-order chi connectivity index (χ1) is 36.0. The zero-order chi connectivity index (χ0) is 63.7. The van der Waals surface area contributed by atoms with Crippen LogP contribution in [0.3, 0.4) is 0 Å². The molecule has 81 heavy (non-hydrogen) atoms. The van der Waals surface area contributed by atoms with Gasteiger partial charge in [0.2, 0.25) is 0 Å². The van der Waals surface area contributed by atoms with Crippen LogP contribution < -0.4 is 9.47 Å². The van der Waals surface area contributed by atoms with Crippen molar-refractivity contribution in [3.63, 3.8) is 0 Å². The first-order valence-corrected chi connectivity index (χ1v) is 28.4. The molecule has 0 saturated carbocycles. The number of hydrogen-bond donors (Lipinski definition) is 6. The quantitative estimate of drug-likeness (QED) is 0.0498. The predicted molar refractivity (Wildman–Crippen MR) is 329 cm³/mol. The van der Waals surface area contributed by atoms with Crippen LogP contribution in [0.1, 0.15) is 293 Å². The van der Waals surface area contributed by atoms with Crippen LogP contribution in [-0.4, -0.2) is 60.8 Å². The molecule has 0 amide bonds. The van der Waals surface area contributed by atoms with Crippen LogP contribution in [0, 0.1) is 11.3 Å². The summed E-state index contributed by atoms with van der Waals surface area (Å²) in [4.78, 5) is 51.0. The molecule has 0 aliphatic heterocycles. The summed E-state index contributed by atoms with van der Waals surface area (Å²) in [7, 11) is 0. The van der Waals surface area contributed by atoms with Crippen molar-refractivity contribution < 1.29 is 59.3 Å². The second kappa shape index (κ2) is 25.0. The van der Waals surface area contributed by atoms with E-state index in [0.717, 1.165) is 12.8 Å². The summed E-state index contributed by atoms with van der Waals surface area (Å²) in [5.74, 6) is -1.40. The van der Waals surface area contributed by atoms with Gasteiger partial charge in [-0.25, -0.2) is 19.2 Å². The molecule has 0 saturated heterocycles. The monoisotopic (exact) mass is 1120 g/mol. The summed E-state index contributed by atoms with van der Waals surface area (Å²) in [5, 5.41) is 59.5. The first kappa shape index (κ1) is 71.4. The number of aromatic hydroxyl groups is 2. The number of hydrogen-bond acceptors (Lipinski definition) is 10. The lowest BCUT2D eigenvalue weighted by molar-refractivity contribution is -0.128. The van der Waals surface area contributed by atoms with Crippen LogP contribution >= 0.6 is 0 Å². The average Bonchev–Trinajstić information content (AvgIpc) is 3.26. The maximum Gasteiger partial charge on any atom is 0.343 e. The van der Waals surface area contributed by atoms with Gasteiger partial charge in [0.1, 0.15) is 23.0 Å². The van der Waals surface area contributed by atoms with Gasteiger partial charge in [0.15, 0.2) is 6.29 Å². The summed E-state index contributed by atoms with van der Waals surface area (Å²) in [6.45, 7) is 55.5. The number of carboxylic acids is 2. The minimum atomic E-state index is -1.20. The van der Waals surface area contributed by atoms with E-state index in [1.165, 1.54) is 0 Å². The highest BCUT2D eigenvalue weighted by atomic mass is 16.5. The molecular formula is C69H104O12. The third kappa shape index (κ3) is 18.9. The molecule has 0 radical (unpaired) electrons. The van der Waals surface area contributed by atoms with Crippen molar-refractivity contribution in [1.82, 2.24) is 0 Å². The van der Waals surface area contributed by atoms with Gasteiger partial charge in [0.25, 0.3) is 0 Å². The molecule has 0 spiro atoms. The summed E-state index contributed by atoms with van der Waals surface area (Å²) in [6, 6.07) is 13.2. The fourth-order valence-corrected chi connectivity index (χ4v) is 9.20. The molecule has 12 nitrogen and oxygen atoms in total. The normalized spacial score (nSPS) is 13.4.